The number of rotatable bonds is 9. The average Bonchev–Trinajstić information content (AvgIpc) is 2.97. The maximum atomic E-state index is 5.71. The van der Waals surface area contributed by atoms with Gasteiger partial charge in [-0.1, -0.05) is 84.9 Å². The van der Waals surface area contributed by atoms with Crippen molar-refractivity contribution in [2.24, 2.45) is 5.73 Å². The molecular formula is C34H32BrN2P. The van der Waals surface area contributed by atoms with E-state index in [1.165, 1.54) is 27.0 Å². The standard InChI is InChI=1S/C34H32N2P.BrH/c35-25-24-31-15-11-14-30(36-31)23-22-28-12-10-13-29(26-28)27-37(32-16-4-1-5-17-32,33-18-6-2-7-19-33)34-20-8-3-9-21-34;/h1-23,26H,24-25,27,35H2;1H/q+1;/p-1/b23-22-;. The molecule has 0 saturated carbocycles. The van der Waals surface area contributed by atoms with Gasteiger partial charge < -0.3 is 22.7 Å². The summed E-state index contributed by atoms with van der Waals surface area (Å²) in [6.07, 6.45) is 6.00. The third kappa shape index (κ3) is 6.37. The monoisotopic (exact) mass is 578 g/mol. The van der Waals surface area contributed by atoms with E-state index in [4.69, 9.17) is 10.7 Å². The largest absolute Gasteiger partial charge is 1.00 e. The highest BCUT2D eigenvalue weighted by Crippen LogP contribution is 2.58. The second kappa shape index (κ2) is 13.4. The molecule has 0 aliphatic rings. The van der Waals surface area contributed by atoms with E-state index in [1.54, 1.807) is 0 Å². The molecule has 0 radical (unpaired) electrons. The molecule has 0 aliphatic carbocycles. The summed E-state index contributed by atoms with van der Waals surface area (Å²) in [7, 11) is -1.93. The van der Waals surface area contributed by atoms with Gasteiger partial charge in [-0.15, -0.1) is 0 Å². The van der Waals surface area contributed by atoms with Crippen molar-refractivity contribution in [3.63, 3.8) is 0 Å². The summed E-state index contributed by atoms with van der Waals surface area (Å²) < 4.78 is 0. The van der Waals surface area contributed by atoms with Crippen molar-refractivity contribution < 1.29 is 17.0 Å². The van der Waals surface area contributed by atoms with E-state index in [0.29, 0.717) is 6.54 Å². The van der Waals surface area contributed by atoms with E-state index in [1.807, 2.05) is 18.2 Å². The second-order valence-corrected chi connectivity index (χ2v) is 12.6. The molecule has 0 saturated heterocycles. The molecule has 0 spiro atoms. The number of halogens is 1. The Balaban J connectivity index is 0.00000336. The summed E-state index contributed by atoms with van der Waals surface area (Å²) >= 11 is 0. The smallest absolute Gasteiger partial charge is 0.116 e. The number of benzene rings is 4. The van der Waals surface area contributed by atoms with Gasteiger partial charge in [-0.25, -0.2) is 0 Å². The summed E-state index contributed by atoms with van der Waals surface area (Å²) in [4.78, 5) is 4.72. The highest BCUT2D eigenvalue weighted by atomic mass is 79.9. The number of nitrogens with zero attached hydrogens (tertiary/aromatic N) is 1. The first-order valence-electron chi connectivity index (χ1n) is 12.8. The highest BCUT2D eigenvalue weighted by molar-refractivity contribution is 7.95. The Morgan fingerprint density at radius 1 is 0.605 bits per heavy atom. The molecule has 0 aliphatic heterocycles. The van der Waals surface area contributed by atoms with Gasteiger partial charge >= 0.3 is 0 Å². The number of nitrogens with two attached hydrogens (primary N) is 1. The van der Waals surface area contributed by atoms with Crippen LogP contribution in [0.2, 0.25) is 0 Å². The average molecular weight is 580 g/mol. The van der Waals surface area contributed by atoms with Crippen LogP contribution in [0.1, 0.15) is 22.5 Å². The third-order valence-electron chi connectivity index (χ3n) is 6.64. The van der Waals surface area contributed by atoms with Crippen LogP contribution in [0, 0.1) is 0 Å². The molecule has 0 atom stereocenters. The molecule has 38 heavy (non-hydrogen) atoms. The van der Waals surface area contributed by atoms with Crippen molar-refractivity contribution in [3.8, 4) is 0 Å². The molecule has 0 bridgehead atoms. The number of aromatic nitrogens is 1. The maximum absolute atomic E-state index is 5.71. The molecule has 1 heterocycles. The zero-order valence-corrected chi connectivity index (χ0v) is 23.8. The van der Waals surface area contributed by atoms with Gasteiger partial charge in [0, 0.05) is 12.1 Å². The van der Waals surface area contributed by atoms with Crippen LogP contribution in [-0.4, -0.2) is 11.5 Å². The predicted octanol–water partition coefficient (Wildman–Crippen LogP) is 3.25. The first-order valence-corrected chi connectivity index (χ1v) is 14.7. The van der Waals surface area contributed by atoms with E-state index in [2.05, 4.69) is 127 Å². The van der Waals surface area contributed by atoms with E-state index in [0.717, 1.165) is 24.0 Å². The Labute approximate surface area is 237 Å². The first kappa shape index (κ1) is 27.7. The zero-order chi connectivity index (χ0) is 25.3. The van der Waals surface area contributed by atoms with Crippen molar-refractivity contribution in [1.29, 1.82) is 0 Å². The Morgan fingerprint density at radius 2 is 1.16 bits per heavy atom. The van der Waals surface area contributed by atoms with Crippen LogP contribution in [0.25, 0.3) is 12.2 Å². The van der Waals surface area contributed by atoms with Crippen molar-refractivity contribution >= 4 is 35.3 Å². The van der Waals surface area contributed by atoms with Crippen molar-refractivity contribution in [2.45, 2.75) is 12.6 Å². The van der Waals surface area contributed by atoms with Crippen LogP contribution in [0.3, 0.4) is 0 Å². The molecule has 2 nitrogen and oxygen atoms in total. The van der Waals surface area contributed by atoms with Crippen molar-refractivity contribution in [1.82, 2.24) is 4.98 Å². The molecule has 2 N–H and O–H groups in total. The van der Waals surface area contributed by atoms with Crippen LogP contribution in [0.5, 0.6) is 0 Å². The highest BCUT2D eigenvalue weighted by Gasteiger charge is 2.45. The molecule has 5 rings (SSSR count). The van der Waals surface area contributed by atoms with Gasteiger partial charge in [0.1, 0.15) is 23.2 Å². The summed E-state index contributed by atoms with van der Waals surface area (Å²) in [5, 5.41) is 4.19. The minimum Gasteiger partial charge on any atom is -1.00 e. The molecule has 0 fully saturated rings. The van der Waals surface area contributed by atoms with Gasteiger partial charge in [0.2, 0.25) is 0 Å². The summed E-state index contributed by atoms with van der Waals surface area (Å²) in [6, 6.07) is 48.2. The van der Waals surface area contributed by atoms with Crippen LogP contribution in [-0.2, 0) is 12.6 Å². The lowest BCUT2D eigenvalue weighted by Crippen LogP contribution is -3.00. The lowest BCUT2D eigenvalue weighted by molar-refractivity contribution is -0.00000735. The van der Waals surface area contributed by atoms with Gasteiger partial charge in [-0.2, -0.15) is 0 Å². The van der Waals surface area contributed by atoms with Gasteiger partial charge in [-0.3, -0.25) is 4.98 Å². The summed E-state index contributed by atoms with van der Waals surface area (Å²) in [6.45, 7) is 0.608. The fourth-order valence-corrected chi connectivity index (χ4v) is 9.13. The van der Waals surface area contributed by atoms with E-state index < -0.39 is 7.26 Å². The Kier molecular flexibility index (Phi) is 9.79. The lowest BCUT2D eigenvalue weighted by atomic mass is 10.1. The minimum absolute atomic E-state index is 0. The second-order valence-electron chi connectivity index (χ2n) is 9.15. The molecule has 0 amide bonds. The van der Waals surface area contributed by atoms with Crippen LogP contribution in [0.4, 0.5) is 0 Å². The number of hydrogen-bond donors (Lipinski definition) is 1. The first-order chi connectivity index (χ1) is 18.3. The fourth-order valence-electron chi connectivity index (χ4n) is 4.90. The van der Waals surface area contributed by atoms with Crippen molar-refractivity contribution in [3.05, 3.63) is 156 Å². The Hall–Kier alpha value is -3.36. The van der Waals surface area contributed by atoms with Gasteiger partial charge in [0.05, 0.1) is 11.9 Å². The Bertz CT molecular complexity index is 1360. The third-order valence-corrected chi connectivity index (χ3v) is 11.0. The topological polar surface area (TPSA) is 38.9 Å². The van der Waals surface area contributed by atoms with E-state index in [-0.39, 0.29) is 17.0 Å². The molecule has 5 aromatic rings. The number of pyridine rings is 1. The molecule has 4 aromatic carbocycles. The zero-order valence-electron chi connectivity index (χ0n) is 21.3. The molecule has 0 unspecified atom stereocenters. The van der Waals surface area contributed by atoms with Gasteiger partial charge in [0.15, 0.2) is 0 Å². The molecular weight excluding hydrogens is 547 g/mol. The Morgan fingerprint density at radius 3 is 1.71 bits per heavy atom. The SMILES string of the molecule is NCCc1cccc(/C=C\c2cccc(C[P+](c3ccccc3)(c3ccccc3)c3ccccc3)c2)n1.[Br-]. The van der Waals surface area contributed by atoms with Crippen LogP contribution in [0.15, 0.2) is 133 Å². The van der Waals surface area contributed by atoms with Gasteiger partial charge in [0.25, 0.3) is 0 Å². The predicted molar refractivity (Wildman–Crippen MR) is 161 cm³/mol. The molecule has 190 valence electrons. The maximum Gasteiger partial charge on any atom is 0.116 e. The summed E-state index contributed by atoms with van der Waals surface area (Å²) in [5.74, 6) is 0. The van der Waals surface area contributed by atoms with E-state index in [9.17, 15) is 0 Å². The van der Waals surface area contributed by atoms with E-state index >= 15 is 0 Å². The quantitative estimate of drug-likeness (QED) is 0.273. The van der Waals surface area contributed by atoms with Crippen molar-refractivity contribution in [2.75, 3.05) is 6.54 Å². The number of hydrogen-bond acceptors (Lipinski definition) is 2. The van der Waals surface area contributed by atoms with Gasteiger partial charge in [-0.05, 0) is 78.3 Å². The molecule has 1 aromatic heterocycles. The summed E-state index contributed by atoms with van der Waals surface area (Å²) in [5.41, 5.74) is 10.2. The van der Waals surface area contributed by atoms with Crippen LogP contribution < -0.4 is 38.6 Å². The minimum atomic E-state index is -1.93. The fraction of sp³-hybridized carbons (Fsp3) is 0.0882. The molecule has 4 heteroatoms. The lowest BCUT2D eigenvalue weighted by Gasteiger charge is -2.28. The normalized spacial score (nSPS) is 11.3. The van der Waals surface area contributed by atoms with Crippen LogP contribution >= 0.6 is 7.26 Å².